The third kappa shape index (κ3) is 5.00. The summed E-state index contributed by atoms with van der Waals surface area (Å²) in [7, 11) is -0.779. The summed E-state index contributed by atoms with van der Waals surface area (Å²) < 4.78 is 12.6. The molecular formula is C16H28N2O4Si. The first-order valence-electron chi connectivity index (χ1n) is 7.76. The Balaban J connectivity index is 2.98. The van der Waals surface area contributed by atoms with Crippen molar-refractivity contribution in [1.82, 2.24) is 9.55 Å². The van der Waals surface area contributed by atoms with Gasteiger partial charge in [-0.05, 0) is 25.1 Å². The van der Waals surface area contributed by atoms with Crippen LogP contribution < -0.4 is 0 Å². The molecule has 2 atom stereocenters. The van der Waals surface area contributed by atoms with Gasteiger partial charge in [0.2, 0.25) is 5.91 Å². The molecule has 0 saturated carbocycles. The molecule has 0 aliphatic rings. The average molecular weight is 340 g/mol. The molecule has 0 aromatic carbocycles. The van der Waals surface area contributed by atoms with E-state index in [1.807, 2.05) is 0 Å². The predicted molar refractivity (Wildman–Crippen MR) is 90.7 cm³/mol. The van der Waals surface area contributed by atoms with Crippen molar-refractivity contribution in [2.45, 2.75) is 58.4 Å². The third-order valence-electron chi connectivity index (χ3n) is 4.55. The zero-order valence-electron chi connectivity index (χ0n) is 15.1. The number of hydrogen-bond donors (Lipinski definition) is 0. The first-order valence-corrected chi connectivity index (χ1v) is 10.7. The van der Waals surface area contributed by atoms with Gasteiger partial charge in [0.25, 0.3) is 0 Å². The number of methoxy groups -OCH3 is 1. The monoisotopic (exact) mass is 340 g/mol. The highest BCUT2D eigenvalue weighted by atomic mass is 28.4. The first-order chi connectivity index (χ1) is 10.5. The van der Waals surface area contributed by atoms with Crippen molar-refractivity contribution in [3.8, 4) is 0 Å². The highest BCUT2D eigenvalue weighted by Gasteiger charge is 2.42. The zero-order valence-corrected chi connectivity index (χ0v) is 16.1. The van der Waals surface area contributed by atoms with Crippen LogP contribution in [0.4, 0.5) is 0 Å². The minimum Gasteiger partial charge on any atom is -0.469 e. The molecule has 0 radical (unpaired) electrons. The molecule has 0 aliphatic carbocycles. The topological polar surface area (TPSA) is 70.4 Å². The Morgan fingerprint density at radius 3 is 2.35 bits per heavy atom. The molecule has 1 aromatic rings. The van der Waals surface area contributed by atoms with Crippen molar-refractivity contribution < 1.29 is 18.8 Å². The van der Waals surface area contributed by atoms with E-state index in [-0.39, 0.29) is 23.3 Å². The lowest BCUT2D eigenvalue weighted by atomic mass is 10.0. The van der Waals surface area contributed by atoms with Gasteiger partial charge in [-0.2, -0.15) is 0 Å². The van der Waals surface area contributed by atoms with Gasteiger partial charge >= 0.3 is 5.97 Å². The van der Waals surface area contributed by atoms with Crippen LogP contribution in [0.3, 0.4) is 0 Å². The van der Waals surface area contributed by atoms with E-state index in [2.05, 4.69) is 38.8 Å². The van der Waals surface area contributed by atoms with Crippen molar-refractivity contribution in [2.75, 3.05) is 7.11 Å². The molecule has 1 rings (SSSR count). The maximum absolute atomic E-state index is 12.4. The summed E-state index contributed by atoms with van der Waals surface area (Å²) >= 11 is 0. The van der Waals surface area contributed by atoms with E-state index in [1.165, 1.54) is 18.0 Å². The number of ether oxygens (including phenoxy) is 1. The molecule has 1 aromatic heterocycles. The van der Waals surface area contributed by atoms with E-state index in [1.54, 1.807) is 19.3 Å². The Morgan fingerprint density at radius 2 is 1.91 bits per heavy atom. The lowest BCUT2D eigenvalue weighted by Gasteiger charge is -2.40. The fourth-order valence-electron chi connectivity index (χ4n) is 1.90. The quantitative estimate of drug-likeness (QED) is 0.588. The van der Waals surface area contributed by atoms with Crippen molar-refractivity contribution in [3.05, 3.63) is 18.7 Å². The number of aromatic nitrogens is 2. The first kappa shape index (κ1) is 19.6. The van der Waals surface area contributed by atoms with E-state index >= 15 is 0 Å². The van der Waals surface area contributed by atoms with Crippen LogP contribution in [0.1, 0.15) is 38.9 Å². The third-order valence-corrected chi connectivity index (χ3v) is 9.06. The number of carbonyl (C=O) groups excluding carboxylic acids is 2. The van der Waals surface area contributed by atoms with Gasteiger partial charge in [0, 0.05) is 12.4 Å². The largest absolute Gasteiger partial charge is 0.469 e. The van der Waals surface area contributed by atoms with E-state index in [4.69, 9.17) is 9.16 Å². The van der Waals surface area contributed by atoms with Gasteiger partial charge < -0.3 is 9.16 Å². The van der Waals surface area contributed by atoms with Gasteiger partial charge in [0.05, 0.1) is 25.6 Å². The smallest absolute Gasteiger partial charge is 0.310 e. The van der Waals surface area contributed by atoms with Crippen LogP contribution in [0, 0.1) is 5.92 Å². The summed E-state index contributed by atoms with van der Waals surface area (Å²) in [6.07, 6.45) is 4.19. The van der Waals surface area contributed by atoms with Crippen LogP contribution >= 0.6 is 0 Å². The van der Waals surface area contributed by atoms with Crippen molar-refractivity contribution in [3.63, 3.8) is 0 Å². The molecule has 0 amide bonds. The molecule has 0 saturated heterocycles. The summed E-state index contributed by atoms with van der Waals surface area (Å²) in [5.41, 5.74) is 0. The summed E-state index contributed by atoms with van der Waals surface area (Å²) in [6, 6.07) is 0. The van der Waals surface area contributed by atoms with E-state index < -0.39 is 20.3 Å². The fourth-order valence-corrected chi connectivity index (χ4v) is 3.30. The maximum Gasteiger partial charge on any atom is 0.310 e. The Morgan fingerprint density at radius 1 is 1.30 bits per heavy atom. The van der Waals surface area contributed by atoms with Crippen molar-refractivity contribution in [2.24, 2.45) is 5.92 Å². The summed E-state index contributed by atoms with van der Waals surface area (Å²) in [4.78, 5) is 28.2. The van der Waals surface area contributed by atoms with Gasteiger partial charge in [0.15, 0.2) is 8.32 Å². The van der Waals surface area contributed by atoms with Gasteiger partial charge in [-0.3, -0.25) is 14.2 Å². The lowest BCUT2D eigenvalue weighted by Crippen LogP contribution is -2.47. The Bertz CT molecular complexity index is 535. The van der Waals surface area contributed by atoms with Crippen LogP contribution in [-0.4, -0.2) is 43.0 Å². The normalized spacial score (nSPS) is 15.1. The molecule has 6 nitrogen and oxygen atoms in total. The highest BCUT2D eigenvalue weighted by Crippen LogP contribution is 2.38. The number of rotatable bonds is 6. The predicted octanol–water partition coefficient (Wildman–Crippen LogP) is 3.11. The van der Waals surface area contributed by atoms with Crippen LogP contribution in [0.2, 0.25) is 18.1 Å². The van der Waals surface area contributed by atoms with Gasteiger partial charge in [-0.15, -0.1) is 0 Å². The number of imidazole rings is 1. The maximum atomic E-state index is 12.4. The molecule has 0 aliphatic heterocycles. The molecule has 0 fully saturated rings. The van der Waals surface area contributed by atoms with Crippen LogP contribution in [-0.2, 0) is 14.0 Å². The average Bonchev–Trinajstić information content (AvgIpc) is 2.97. The van der Waals surface area contributed by atoms with Gasteiger partial charge in [-0.1, -0.05) is 20.8 Å². The van der Waals surface area contributed by atoms with E-state index in [0.717, 1.165) is 0 Å². The van der Waals surface area contributed by atoms with Gasteiger partial charge in [-0.25, -0.2) is 4.98 Å². The Kier molecular flexibility index (Phi) is 6.30. The second kappa shape index (κ2) is 7.40. The zero-order chi connectivity index (χ0) is 17.8. The second-order valence-electron chi connectivity index (χ2n) is 7.30. The molecule has 1 unspecified atom stereocenters. The van der Waals surface area contributed by atoms with Crippen molar-refractivity contribution in [1.29, 1.82) is 0 Å². The minimum atomic E-state index is -2.13. The molecule has 130 valence electrons. The minimum absolute atomic E-state index is 0.0147. The van der Waals surface area contributed by atoms with Crippen LogP contribution in [0.15, 0.2) is 18.7 Å². The Labute approximate surface area is 139 Å². The molecular weight excluding hydrogens is 312 g/mol. The summed E-state index contributed by atoms with van der Waals surface area (Å²) in [6.45, 7) is 12.3. The van der Waals surface area contributed by atoms with Crippen molar-refractivity contribution >= 4 is 20.2 Å². The molecule has 23 heavy (non-hydrogen) atoms. The fraction of sp³-hybridized carbons (Fsp3) is 0.688. The molecule has 0 bridgehead atoms. The molecule has 0 N–H and O–H groups in total. The molecule has 0 spiro atoms. The number of carbonyl (C=O) groups is 2. The SMILES string of the molecule is COC(=O)[C@H](C)C(CC(=O)n1ccnc1)O[Si](C)(C)C(C)(C)C. The van der Waals surface area contributed by atoms with Crippen LogP contribution in [0.5, 0.6) is 0 Å². The number of nitrogens with zero attached hydrogens (tertiary/aromatic N) is 2. The standard InChI is InChI=1S/C16H28N2O4Si/c1-12(15(20)21-5)13(22-23(6,7)16(2,3)4)10-14(19)18-9-8-17-11-18/h8-9,11-13H,10H2,1-7H3/t12-,13?/m1/s1. The number of hydrogen-bond acceptors (Lipinski definition) is 5. The lowest BCUT2D eigenvalue weighted by molar-refractivity contribution is -0.148. The van der Waals surface area contributed by atoms with E-state index in [0.29, 0.717) is 0 Å². The molecule has 7 heteroatoms. The number of esters is 1. The second-order valence-corrected chi connectivity index (χ2v) is 12.1. The van der Waals surface area contributed by atoms with E-state index in [9.17, 15) is 9.59 Å². The Hall–Kier alpha value is -1.47. The van der Waals surface area contributed by atoms with Gasteiger partial charge in [0.1, 0.15) is 6.33 Å². The summed E-state index contributed by atoms with van der Waals surface area (Å²) in [5, 5.41) is -0.0147. The highest BCUT2D eigenvalue weighted by molar-refractivity contribution is 6.74. The summed E-state index contributed by atoms with van der Waals surface area (Å²) in [5.74, 6) is -1.03. The molecule has 1 heterocycles. The van der Waals surface area contributed by atoms with Crippen LogP contribution in [0.25, 0.3) is 0 Å².